The third-order valence-corrected chi connectivity index (χ3v) is 6.48. The van der Waals surface area contributed by atoms with Gasteiger partial charge in [-0.15, -0.1) is 11.3 Å². The topological polar surface area (TPSA) is 60.5 Å². The van der Waals surface area contributed by atoms with Crippen LogP contribution in [0.4, 0.5) is 5.13 Å². The number of unbranched alkanes of at least 4 members (excludes halogenated alkanes) is 4. The van der Waals surface area contributed by atoms with E-state index in [-0.39, 0.29) is 12.5 Å². The van der Waals surface area contributed by atoms with E-state index in [2.05, 4.69) is 30.2 Å². The van der Waals surface area contributed by atoms with Crippen LogP contribution in [0.5, 0.6) is 11.5 Å². The number of benzene rings is 2. The van der Waals surface area contributed by atoms with E-state index < -0.39 is 0 Å². The summed E-state index contributed by atoms with van der Waals surface area (Å²) in [5, 5.41) is 5.94. The Bertz CT molecular complexity index is 1080. The number of rotatable bonds is 13. The summed E-state index contributed by atoms with van der Waals surface area (Å²) < 4.78 is 11.7. The van der Waals surface area contributed by atoms with Gasteiger partial charge in [-0.3, -0.25) is 10.1 Å². The van der Waals surface area contributed by atoms with Crippen LogP contribution in [-0.4, -0.2) is 24.1 Å². The summed E-state index contributed by atoms with van der Waals surface area (Å²) in [5.41, 5.74) is 3.89. The van der Waals surface area contributed by atoms with Gasteiger partial charge in [0.1, 0.15) is 11.5 Å². The predicted octanol–water partition coefficient (Wildman–Crippen LogP) is 7.70. The highest BCUT2D eigenvalue weighted by Crippen LogP contribution is 2.30. The minimum Gasteiger partial charge on any atom is -0.493 e. The lowest BCUT2D eigenvalue weighted by Gasteiger charge is -2.12. The Kier molecular flexibility index (Phi) is 10.2. The normalized spacial score (nSPS) is 10.8. The molecule has 0 fully saturated rings. The second kappa shape index (κ2) is 13.4. The number of hydrogen-bond acceptors (Lipinski definition) is 5. The van der Waals surface area contributed by atoms with Gasteiger partial charge in [-0.05, 0) is 67.3 Å². The molecule has 1 heterocycles. The summed E-state index contributed by atoms with van der Waals surface area (Å²) in [6, 6.07) is 11.5. The lowest BCUT2D eigenvalue weighted by molar-refractivity contribution is -0.118. The van der Waals surface area contributed by atoms with Crippen molar-refractivity contribution >= 4 is 34.0 Å². The third kappa shape index (κ3) is 7.74. The van der Waals surface area contributed by atoms with Gasteiger partial charge in [-0.25, -0.2) is 4.98 Å². The zero-order chi connectivity index (χ0) is 24.3. The van der Waals surface area contributed by atoms with Gasteiger partial charge in [-0.2, -0.15) is 0 Å². The van der Waals surface area contributed by atoms with Gasteiger partial charge in [-0.1, -0.05) is 51.1 Å². The van der Waals surface area contributed by atoms with Crippen LogP contribution < -0.4 is 14.8 Å². The van der Waals surface area contributed by atoms with E-state index in [4.69, 9.17) is 21.1 Å². The highest BCUT2D eigenvalue weighted by Gasteiger charge is 2.12. The zero-order valence-electron chi connectivity index (χ0n) is 20.2. The van der Waals surface area contributed by atoms with E-state index in [1.165, 1.54) is 37.0 Å². The van der Waals surface area contributed by atoms with Crippen LogP contribution >= 0.6 is 22.9 Å². The van der Waals surface area contributed by atoms with Crippen molar-refractivity contribution in [1.29, 1.82) is 0 Å². The molecule has 3 aromatic rings. The second-order valence-electron chi connectivity index (χ2n) is 8.22. The summed E-state index contributed by atoms with van der Waals surface area (Å²) in [7, 11) is 0. The maximum Gasteiger partial charge on any atom is 0.264 e. The number of anilines is 1. The smallest absolute Gasteiger partial charge is 0.264 e. The molecule has 2 aromatic carbocycles. The van der Waals surface area contributed by atoms with Gasteiger partial charge in [0, 0.05) is 16.0 Å². The molecule has 7 heteroatoms. The molecule has 1 N–H and O–H groups in total. The molecular formula is C27H33ClN2O3S. The fourth-order valence-electron chi connectivity index (χ4n) is 3.58. The van der Waals surface area contributed by atoms with Crippen molar-refractivity contribution in [3.8, 4) is 22.8 Å². The fraction of sp³-hybridized carbons (Fsp3) is 0.407. The van der Waals surface area contributed by atoms with Crippen LogP contribution in [0.15, 0.2) is 41.8 Å². The van der Waals surface area contributed by atoms with Crippen molar-refractivity contribution in [3.63, 3.8) is 0 Å². The molecule has 182 valence electrons. The molecule has 0 spiro atoms. The average molecular weight is 501 g/mol. The summed E-state index contributed by atoms with van der Waals surface area (Å²) in [6.45, 7) is 6.90. The van der Waals surface area contributed by atoms with Crippen LogP contribution in [0.25, 0.3) is 11.3 Å². The van der Waals surface area contributed by atoms with E-state index in [0.29, 0.717) is 15.9 Å². The molecule has 34 heavy (non-hydrogen) atoms. The standard InChI is InChI=1S/C27H33ClN2O3S/c1-4-6-7-8-9-14-32-25-12-10-21(16-20(25)5-2)23-18-34-27(29-23)30-26(31)17-33-24-13-11-22(28)15-19(24)3/h10-13,15-16,18H,4-9,14,17H2,1-3H3,(H,29,30,31). The van der Waals surface area contributed by atoms with Crippen LogP contribution in [0, 0.1) is 6.92 Å². The molecule has 0 aliphatic heterocycles. The van der Waals surface area contributed by atoms with Gasteiger partial charge in [0.2, 0.25) is 0 Å². The highest BCUT2D eigenvalue weighted by molar-refractivity contribution is 7.14. The van der Waals surface area contributed by atoms with E-state index in [0.717, 1.165) is 47.6 Å². The fourth-order valence-corrected chi connectivity index (χ4v) is 4.54. The number of carbonyl (C=O) groups excluding carboxylic acids is 1. The molecular weight excluding hydrogens is 468 g/mol. The van der Waals surface area contributed by atoms with Crippen LogP contribution in [0.2, 0.25) is 5.02 Å². The molecule has 0 aliphatic carbocycles. The van der Waals surface area contributed by atoms with Gasteiger partial charge in [0.25, 0.3) is 5.91 Å². The van der Waals surface area contributed by atoms with Gasteiger partial charge < -0.3 is 9.47 Å². The summed E-state index contributed by atoms with van der Waals surface area (Å²) in [5.74, 6) is 1.32. The van der Waals surface area contributed by atoms with Crippen molar-refractivity contribution in [2.24, 2.45) is 0 Å². The molecule has 0 aliphatic rings. The Morgan fingerprint density at radius 2 is 1.82 bits per heavy atom. The minimum atomic E-state index is -0.257. The molecule has 0 saturated heterocycles. The Morgan fingerprint density at radius 1 is 1.03 bits per heavy atom. The first-order chi connectivity index (χ1) is 16.5. The number of halogens is 1. The minimum absolute atomic E-state index is 0.0954. The van der Waals surface area contributed by atoms with Gasteiger partial charge >= 0.3 is 0 Å². The molecule has 0 bridgehead atoms. The zero-order valence-corrected chi connectivity index (χ0v) is 21.7. The number of aryl methyl sites for hydroxylation is 2. The Hall–Kier alpha value is -2.57. The van der Waals surface area contributed by atoms with Crippen LogP contribution in [0.3, 0.4) is 0 Å². The molecule has 0 atom stereocenters. The van der Waals surface area contributed by atoms with Crippen molar-refractivity contribution in [2.75, 3.05) is 18.5 Å². The van der Waals surface area contributed by atoms with Crippen LogP contribution in [0.1, 0.15) is 57.1 Å². The molecule has 5 nitrogen and oxygen atoms in total. The number of nitrogens with one attached hydrogen (secondary N) is 1. The van der Waals surface area contributed by atoms with E-state index in [1.807, 2.05) is 24.4 Å². The molecule has 1 amide bonds. The first kappa shape index (κ1) is 26.0. The SMILES string of the molecule is CCCCCCCOc1ccc(-c2csc(NC(=O)COc3ccc(Cl)cc3C)n2)cc1CC. The number of carbonyl (C=O) groups is 1. The van der Waals surface area contributed by atoms with E-state index in [1.54, 1.807) is 18.2 Å². The third-order valence-electron chi connectivity index (χ3n) is 5.49. The summed E-state index contributed by atoms with van der Waals surface area (Å²) in [6.07, 6.45) is 7.00. The monoisotopic (exact) mass is 500 g/mol. The van der Waals surface area contributed by atoms with E-state index >= 15 is 0 Å². The lowest BCUT2D eigenvalue weighted by atomic mass is 10.1. The molecule has 0 radical (unpaired) electrons. The number of hydrogen-bond donors (Lipinski definition) is 1. The van der Waals surface area contributed by atoms with Crippen molar-refractivity contribution < 1.29 is 14.3 Å². The van der Waals surface area contributed by atoms with Crippen molar-refractivity contribution in [3.05, 3.63) is 57.9 Å². The quantitative estimate of drug-likeness (QED) is 0.244. The Balaban J connectivity index is 1.54. The first-order valence-electron chi connectivity index (χ1n) is 11.9. The molecule has 0 saturated carbocycles. The van der Waals surface area contributed by atoms with E-state index in [9.17, 15) is 4.79 Å². The average Bonchev–Trinajstić information content (AvgIpc) is 3.29. The van der Waals surface area contributed by atoms with Crippen LogP contribution in [-0.2, 0) is 11.2 Å². The Morgan fingerprint density at radius 3 is 2.59 bits per heavy atom. The number of aromatic nitrogens is 1. The highest BCUT2D eigenvalue weighted by atomic mass is 35.5. The molecule has 1 aromatic heterocycles. The second-order valence-corrected chi connectivity index (χ2v) is 9.52. The van der Waals surface area contributed by atoms with Crippen molar-refractivity contribution in [2.45, 2.75) is 59.3 Å². The number of thiazole rings is 1. The molecule has 0 unspecified atom stereocenters. The lowest BCUT2D eigenvalue weighted by Crippen LogP contribution is -2.20. The number of amides is 1. The number of ether oxygens (including phenoxy) is 2. The predicted molar refractivity (Wildman–Crippen MR) is 141 cm³/mol. The summed E-state index contributed by atoms with van der Waals surface area (Å²) in [4.78, 5) is 16.9. The summed E-state index contributed by atoms with van der Waals surface area (Å²) >= 11 is 7.36. The molecule has 3 rings (SSSR count). The first-order valence-corrected chi connectivity index (χ1v) is 13.2. The van der Waals surface area contributed by atoms with Crippen molar-refractivity contribution in [1.82, 2.24) is 4.98 Å². The van der Waals surface area contributed by atoms with Gasteiger partial charge in [0.05, 0.1) is 12.3 Å². The number of nitrogens with zero attached hydrogens (tertiary/aromatic N) is 1. The largest absolute Gasteiger partial charge is 0.493 e. The maximum atomic E-state index is 12.3. The van der Waals surface area contributed by atoms with Gasteiger partial charge in [0.15, 0.2) is 11.7 Å². The Labute approximate surface area is 211 Å². The maximum absolute atomic E-state index is 12.3.